The number of aliphatic hydroxyl groups is 1. The van der Waals surface area contributed by atoms with Crippen molar-refractivity contribution < 1.29 is 14.7 Å². The molecule has 2 N–H and O–H groups in total. The molecule has 8 nitrogen and oxygen atoms in total. The van der Waals surface area contributed by atoms with Crippen molar-refractivity contribution in [1.29, 1.82) is 0 Å². The van der Waals surface area contributed by atoms with Crippen LogP contribution in [0.2, 0.25) is 5.02 Å². The number of carbonyl (C=O) groups is 2. The number of amides is 2. The molecule has 5 fully saturated rings. The standard InChI is InChI=1S/C24H36ClN5O3/c1-14(31)30-6-4-15(5-7-30)13-28(2)23-19(25)21(27-29(23)3)22(32)26-20-17-8-16-9-18(20)12-24(33,10-16)11-17/h15-18,20,33H,4-13H2,1-3H3,(H,26,32). The molecule has 0 spiro atoms. The van der Waals surface area contributed by atoms with E-state index < -0.39 is 5.60 Å². The number of piperidine rings is 1. The zero-order valence-corrected chi connectivity index (χ0v) is 20.6. The maximum atomic E-state index is 13.2. The number of halogens is 1. The van der Waals surface area contributed by atoms with Gasteiger partial charge in [-0.15, -0.1) is 0 Å². The Morgan fingerprint density at radius 3 is 2.42 bits per heavy atom. The molecule has 4 bridgehead atoms. The summed E-state index contributed by atoms with van der Waals surface area (Å²) in [5.41, 5.74) is -0.239. The van der Waals surface area contributed by atoms with E-state index in [1.54, 1.807) is 11.6 Å². The first kappa shape index (κ1) is 23.0. The van der Waals surface area contributed by atoms with E-state index in [0.717, 1.165) is 70.4 Å². The van der Waals surface area contributed by atoms with E-state index in [0.29, 0.717) is 28.7 Å². The summed E-state index contributed by atoms with van der Waals surface area (Å²) in [6.07, 6.45) is 6.62. The fourth-order valence-electron chi connectivity index (χ4n) is 7.39. The lowest BCUT2D eigenvalue weighted by molar-refractivity contribution is -0.137. The van der Waals surface area contributed by atoms with E-state index in [4.69, 9.17) is 11.6 Å². The van der Waals surface area contributed by atoms with E-state index in [9.17, 15) is 14.7 Å². The largest absolute Gasteiger partial charge is 0.390 e. The number of aromatic nitrogens is 2. The van der Waals surface area contributed by atoms with Crippen LogP contribution in [0, 0.1) is 23.7 Å². The summed E-state index contributed by atoms with van der Waals surface area (Å²) in [7, 11) is 3.81. The fourth-order valence-corrected chi connectivity index (χ4v) is 7.78. The summed E-state index contributed by atoms with van der Waals surface area (Å²) < 4.78 is 1.70. The number of carbonyl (C=O) groups excluding carboxylic acids is 2. The van der Waals surface area contributed by atoms with Crippen molar-refractivity contribution in [3.8, 4) is 0 Å². The highest BCUT2D eigenvalue weighted by Gasteiger charge is 2.55. The first-order valence-electron chi connectivity index (χ1n) is 12.4. The third kappa shape index (κ3) is 4.25. The highest BCUT2D eigenvalue weighted by molar-refractivity contribution is 6.36. The van der Waals surface area contributed by atoms with Crippen LogP contribution < -0.4 is 10.2 Å². The highest BCUT2D eigenvalue weighted by Crippen LogP contribution is 2.55. The minimum absolute atomic E-state index is 0.0973. The summed E-state index contributed by atoms with van der Waals surface area (Å²) in [6, 6.07) is 0.0973. The van der Waals surface area contributed by atoms with Crippen molar-refractivity contribution in [3.63, 3.8) is 0 Å². The van der Waals surface area contributed by atoms with Crippen molar-refractivity contribution in [1.82, 2.24) is 20.0 Å². The van der Waals surface area contributed by atoms with Crippen LogP contribution in [0.5, 0.6) is 0 Å². The Labute approximate surface area is 200 Å². The molecular weight excluding hydrogens is 442 g/mol. The van der Waals surface area contributed by atoms with Gasteiger partial charge in [0.2, 0.25) is 5.91 Å². The first-order valence-corrected chi connectivity index (χ1v) is 12.7. The molecule has 0 radical (unpaired) electrons. The predicted molar refractivity (Wildman–Crippen MR) is 126 cm³/mol. The number of rotatable bonds is 5. The molecule has 2 atom stereocenters. The second kappa shape index (κ2) is 8.45. The molecule has 9 heteroatoms. The highest BCUT2D eigenvalue weighted by atomic mass is 35.5. The van der Waals surface area contributed by atoms with Crippen molar-refractivity contribution in [3.05, 3.63) is 10.7 Å². The van der Waals surface area contributed by atoms with Gasteiger partial charge in [-0.3, -0.25) is 14.3 Å². The number of anilines is 1. The second-order valence-electron chi connectivity index (χ2n) is 11.1. The van der Waals surface area contributed by atoms with E-state index >= 15 is 0 Å². The van der Waals surface area contributed by atoms with Gasteiger partial charge in [0.25, 0.3) is 5.91 Å². The van der Waals surface area contributed by atoms with Gasteiger partial charge < -0.3 is 20.2 Å². The van der Waals surface area contributed by atoms with Gasteiger partial charge in [0.15, 0.2) is 5.69 Å². The summed E-state index contributed by atoms with van der Waals surface area (Å²) in [5, 5.41) is 18.9. The molecule has 4 aliphatic carbocycles. The smallest absolute Gasteiger partial charge is 0.273 e. The lowest BCUT2D eigenvalue weighted by Gasteiger charge is -2.58. The number of hydrogen-bond acceptors (Lipinski definition) is 5. The molecule has 1 aliphatic heterocycles. The molecule has 6 rings (SSSR count). The van der Waals surface area contributed by atoms with Crippen molar-refractivity contribution in [2.75, 3.05) is 31.6 Å². The van der Waals surface area contributed by atoms with Gasteiger partial charge in [0.05, 0.1) is 5.60 Å². The van der Waals surface area contributed by atoms with E-state index in [-0.39, 0.29) is 23.6 Å². The van der Waals surface area contributed by atoms with Crippen LogP contribution in [0.25, 0.3) is 0 Å². The fraction of sp³-hybridized carbons (Fsp3) is 0.792. The topological polar surface area (TPSA) is 90.7 Å². The van der Waals surface area contributed by atoms with E-state index in [2.05, 4.69) is 15.3 Å². The van der Waals surface area contributed by atoms with Gasteiger partial charge in [-0.2, -0.15) is 5.10 Å². The summed E-state index contributed by atoms with van der Waals surface area (Å²) in [6.45, 7) is 4.01. The predicted octanol–water partition coefficient (Wildman–Crippen LogP) is 2.44. The zero-order chi connectivity index (χ0) is 23.5. The molecule has 4 saturated carbocycles. The van der Waals surface area contributed by atoms with Crippen LogP contribution in [0.3, 0.4) is 0 Å². The molecule has 33 heavy (non-hydrogen) atoms. The maximum absolute atomic E-state index is 13.2. The molecule has 182 valence electrons. The first-order chi connectivity index (χ1) is 15.6. The van der Waals surface area contributed by atoms with Crippen LogP contribution in [0.15, 0.2) is 0 Å². The number of likely N-dealkylation sites (tertiary alicyclic amines) is 1. The summed E-state index contributed by atoms with van der Waals surface area (Å²) in [5.74, 6) is 2.42. The van der Waals surface area contributed by atoms with Gasteiger partial charge in [-0.05, 0) is 68.6 Å². The Morgan fingerprint density at radius 1 is 1.21 bits per heavy atom. The molecule has 5 aliphatic rings. The molecule has 2 amide bonds. The monoisotopic (exact) mass is 477 g/mol. The lowest BCUT2D eigenvalue weighted by Crippen LogP contribution is -2.61. The molecular formula is C24H36ClN5O3. The van der Waals surface area contributed by atoms with Crippen molar-refractivity contribution in [2.45, 2.75) is 63.5 Å². The minimum atomic E-state index is -0.517. The van der Waals surface area contributed by atoms with Crippen LogP contribution in [0.4, 0.5) is 5.82 Å². The van der Waals surface area contributed by atoms with Crippen molar-refractivity contribution in [2.24, 2.45) is 30.7 Å². The van der Waals surface area contributed by atoms with Crippen molar-refractivity contribution >= 4 is 29.2 Å². The quantitative estimate of drug-likeness (QED) is 0.679. The average Bonchev–Trinajstić information content (AvgIpc) is 3.04. The molecule has 1 aromatic heterocycles. The molecule has 2 heterocycles. The molecule has 1 aromatic rings. The molecule has 0 aromatic carbocycles. The number of nitrogens with one attached hydrogen (secondary N) is 1. The lowest BCUT2D eigenvalue weighted by atomic mass is 9.52. The normalized spacial score (nSPS) is 33.4. The SMILES string of the molecule is CC(=O)N1CCC(CN(C)c2c(Cl)c(C(=O)NC3C4CC5CC3CC(O)(C5)C4)nn2C)CC1. The minimum Gasteiger partial charge on any atom is -0.390 e. The Hall–Kier alpha value is -1.80. The Bertz CT molecular complexity index is 925. The van der Waals surface area contributed by atoms with Crippen LogP contribution in [-0.2, 0) is 11.8 Å². The number of hydrogen-bond donors (Lipinski definition) is 2. The maximum Gasteiger partial charge on any atom is 0.273 e. The van der Waals surface area contributed by atoms with Crippen LogP contribution >= 0.6 is 11.6 Å². The molecule has 2 unspecified atom stereocenters. The van der Waals surface area contributed by atoms with Gasteiger partial charge in [-0.1, -0.05) is 11.6 Å². The number of nitrogens with zero attached hydrogens (tertiary/aromatic N) is 4. The zero-order valence-electron chi connectivity index (χ0n) is 19.9. The van der Waals surface area contributed by atoms with E-state index in [1.807, 2.05) is 19.0 Å². The van der Waals surface area contributed by atoms with E-state index in [1.165, 1.54) is 0 Å². The van der Waals surface area contributed by atoms with Crippen LogP contribution in [0.1, 0.15) is 62.4 Å². The van der Waals surface area contributed by atoms with Gasteiger partial charge in [0.1, 0.15) is 10.8 Å². The number of aryl methyl sites for hydroxylation is 1. The average molecular weight is 478 g/mol. The summed E-state index contributed by atoms with van der Waals surface area (Å²) in [4.78, 5) is 28.8. The Morgan fingerprint density at radius 2 is 1.85 bits per heavy atom. The van der Waals surface area contributed by atoms with Gasteiger partial charge >= 0.3 is 0 Å². The summed E-state index contributed by atoms with van der Waals surface area (Å²) >= 11 is 6.71. The Balaban J connectivity index is 1.24. The van der Waals surface area contributed by atoms with Crippen LogP contribution in [-0.4, -0.2) is 69.9 Å². The van der Waals surface area contributed by atoms with Gasteiger partial charge in [-0.25, -0.2) is 0 Å². The van der Waals surface area contributed by atoms with Gasteiger partial charge in [0, 0.05) is 46.7 Å². The molecule has 1 saturated heterocycles. The third-order valence-electron chi connectivity index (χ3n) is 8.67. The third-order valence-corrected chi connectivity index (χ3v) is 9.02. The second-order valence-corrected chi connectivity index (χ2v) is 11.5. The Kier molecular flexibility index (Phi) is 5.88.